The monoisotopic (exact) mass is 778 g/mol. The average Bonchev–Trinajstić information content (AvgIpc) is 3.22. The molecule has 3 aromatic carbocycles. The van der Waals surface area contributed by atoms with E-state index in [2.05, 4.69) is 13.2 Å². The van der Waals surface area contributed by atoms with Crippen molar-refractivity contribution in [2.24, 2.45) is 11.8 Å². The summed E-state index contributed by atoms with van der Waals surface area (Å²) in [5.41, 5.74) is 14.3. The second-order valence-electron chi connectivity index (χ2n) is 15.2. The number of nitrogens with two attached hydrogens (primary N) is 2. The van der Waals surface area contributed by atoms with Gasteiger partial charge in [-0.25, -0.2) is 0 Å². The minimum absolute atomic E-state index is 0.135. The number of aliphatic hydroxyl groups is 2. The molecule has 2 saturated carbocycles. The summed E-state index contributed by atoms with van der Waals surface area (Å²) in [6, 6.07) is 19.1. The Balaban J connectivity index is 1.15. The zero-order chi connectivity index (χ0) is 40.6. The molecule has 0 amide bonds. The van der Waals surface area contributed by atoms with Gasteiger partial charge in [-0.15, -0.1) is 13.2 Å². The number of nitrogen functional groups attached to an aromatic ring is 2. The van der Waals surface area contributed by atoms with Crippen molar-refractivity contribution in [2.75, 3.05) is 37.9 Å². The maximum Gasteiger partial charge on any atom is 0.235 e. The normalized spacial score (nSPS) is 20.6. The molecule has 0 aromatic heterocycles. The number of ether oxygens (including phenoxy) is 4. The Bertz CT molecular complexity index is 1820. The summed E-state index contributed by atoms with van der Waals surface area (Å²) in [6.45, 7) is 9.83. The first-order chi connectivity index (χ1) is 27.5. The number of hydrogen-bond donors (Lipinski definition) is 4. The second kappa shape index (κ2) is 21.5. The van der Waals surface area contributed by atoms with Gasteiger partial charge in [0.25, 0.3) is 0 Å². The van der Waals surface area contributed by atoms with Crippen LogP contribution >= 0.6 is 0 Å². The van der Waals surface area contributed by atoms with Gasteiger partial charge in [-0.3, -0.25) is 9.59 Å². The third-order valence-electron chi connectivity index (χ3n) is 10.8. The fourth-order valence-electron chi connectivity index (χ4n) is 7.42. The van der Waals surface area contributed by atoms with Crippen molar-refractivity contribution in [1.29, 1.82) is 0 Å². The van der Waals surface area contributed by atoms with Crippen molar-refractivity contribution in [2.45, 2.75) is 81.7 Å². The highest BCUT2D eigenvalue weighted by molar-refractivity contribution is 6.01. The highest BCUT2D eigenvalue weighted by Gasteiger charge is 2.43. The van der Waals surface area contributed by atoms with Crippen LogP contribution in [0.1, 0.15) is 80.4 Å². The van der Waals surface area contributed by atoms with Crippen LogP contribution in [0.4, 0.5) is 11.4 Å². The molecular formula is C47H58N2O8. The molecule has 1 atom stereocenters. The molecule has 10 heteroatoms. The minimum Gasteiger partial charge on any atom is -0.493 e. The van der Waals surface area contributed by atoms with Gasteiger partial charge in [0, 0.05) is 17.8 Å². The third kappa shape index (κ3) is 13.3. The van der Waals surface area contributed by atoms with E-state index in [0.29, 0.717) is 61.4 Å². The topological polar surface area (TPSA) is 164 Å². The molecule has 0 bridgehead atoms. The van der Waals surface area contributed by atoms with Crippen molar-refractivity contribution < 1.29 is 38.7 Å². The van der Waals surface area contributed by atoms with Gasteiger partial charge in [0.15, 0.2) is 5.78 Å². The highest BCUT2D eigenvalue weighted by Crippen LogP contribution is 2.36. The lowest BCUT2D eigenvalue weighted by molar-refractivity contribution is -0.187. The van der Waals surface area contributed by atoms with Crippen molar-refractivity contribution in [3.63, 3.8) is 0 Å². The van der Waals surface area contributed by atoms with E-state index in [0.717, 1.165) is 68.8 Å². The summed E-state index contributed by atoms with van der Waals surface area (Å²) in [4.78, 5) is 26.7. The molecule has 5 rings (SSSR count). The van der Waals surface area contributed by atoms with E-state index in [4.69, 9.17) is 30.4 Å². The molecule has 0 spiro atoms. The molecule has 3 aromatic rings. The molecule has 10 nitrogen and oxygen atoms in total. The maximum atomic E-state index is 13.4. The van der Waals surface area contributed by atoms with E-state index in [-0.39, 0.29) is 17.4 Å². The minimum atomic E-state index is -2.96. The van der Waals surface area contributed by atoms with Crippen LogP contribution in [0.15, 0.2) is 104 Å². The van der Waals surface area contributed by atoms with E-state index in [1.165, 1.54) is 30.4 Å². The lowest BCUT2D eigenvalue weighted by atomic mass is 9.82. The van der Waals surface area contributed by atoms with Crippen molar-refractivity contribution in [3.05, 3.63) is 121 Å². The molecule has 1 unspecified atom stereocenters. The summed E-state index contributed by atoms with van der Waals surface area (Å²) >= 11 is 0. The second-order valence-corrected chi connectivity index (χ2v) is 15.2. The Labute approximate surface area is 336 Å². The summed E-state index contributed by atoms with van der Waals surface area (Å²) in [5.74, 6) is -3.40. The van der Waals surface area contributed by atoms with Crippen molar-refractivity contribution in [1.82, 2.24) is 0 Å². The van der Waals surface area contributed by atoms with Crippen LogP contribution in [-0.4, -0.2) is 66.2 Å². The van der Waals surface area contributed by atoms with E-state index in [1.54, 1.807) is 30.4 Å². The number of allylic oxidation sites excluding steroid dienone is 1. The van der Waals surface area contributed by atoms with Gasteiger partial charge in [-0.05, 0) is 128 Å². The number of rotatable bonds is 21. The number of hydrogen-bond acceptors (Lipinski definition) is 10. The first-order valence-corrected chi connectivity index (χ1v) is 20.0. The van der Waals surface area contributed by atoms with E-state index in [9.17, 15) is 19.8 Å². The Hall–Kier alpha value is -5.00. The fraction of sp³-hybridized carbons (Fsp3) is 0.404. The largest absolute Gasteiger partial charge is 0.493 e. The first-order valence-electron chi connectivity index (χ1n) is 20.0. The quantitative estimate of drug-likeness (QED) is 0.0363. The molecule has 57 heavy (non-hydrogen) atoms. The SMILES string of the molecule is C=CCOC1CCC(COc2ccc(/C=C/C(=O)CC(c3ccc(N)cc3N)C(O)(O)C(=O)/C=C/c3ccc(OCC4CCC(OCC=C)CC4)cc3)cc2)CC1. The standard InChI is InChI=1S/C47H58N2O8/c1-3-27-54-39-21-10-35(11-22-39)31-56-41-17-6-33(7-18-41)5-16-38(50)30-44(43-25-15-37(48)29-45(43)49)47(52,53)46(51)26-14-34-8-19-42(20-9-34)57-32-36-12-23-40(24-13-36)55-28-4-2/h3-9,14-20,25-26,29,35-36,39-40,44,52-53H,1-2,10-13,21-24,27-28,30-32,48-49H2/b16-5+,26-14+. The van der Waals surface area contributed by atoms with Gasteiger partial charge in [-0.2, -0.15) is 0 Å². The van der Waals surface area contributed by atoms with Gasteiger partial charge in [0.05, 0.1) is 44.6 Å². The highest BCUT2D eigenvalue weighted by atomic mass is 16.5. The molecule has 2 fully saturated rings. The van der Waals surface area contributed by atoms with Crippen LogP contribution in [0.2, 0.25) is 0 Å². The molecule has 0 heterocycles. The molecule has 0 aliphatic heterocycles. The number of carbonyl (C=O) groups excluding carboxylic acids is 2. The van der Waals surface area contributed by atoms with Crippen molar-refractivity contribution >= 4 is 35.1 Å². The summed E-state index contributed by atoms with van der Waals surface area (Å²) in [5, 5.41) is 22.7. The zero-order valence-corrected chi connectivity index (χ0v) is 32.8. The van der Waals surface area contributed by atoms with Crippen molar-refractivity contribution in [3.8, 4) is 11.5 Å². The van der Waals surface area contributed by atoms with Gasteiger partial charge < -0.3 is 40.6 Å². The Kier molecular flexibility index (Phi) is 16.3. The van der Waals surface area contributed by atoms with Gasteiger partial charge >= 0.3 is 0 Å². The number of carbonyl (C=O) groups is 2. The summed E-state index contributed by atoms with van der Waals surface area (Å²) < 4.78 is 23.6. The van der Waals surface area contributed by atoms with Crippen LogP contribution in [0, 0.1) is 11.8 Å². The van der Waals surface area contributed by atoms with Gasteiger partial charge in [-0.1, -0.05) is 54.6 Å². The number of anilines is 2. The molecular weight excluding hydrogens is 721 g/mol. The fourth-order valence-corrected chi connectivity index (χ4v) is 7.42. The predicted molar refractivity (Wildman–Crippen MR) is 226 cm³/mol. The van der Waals surface area contributed by atoms with Gasteiger partial charge in [0.1, 0.15) is 11.5 Å². The molecule has 0 radical (unpaired) electrons. The van der Waals surface area contributed by atoms with Crippen LogP contribution in [-0.2, 0) is 19.1 Å². The van der Waals surface area contributed by atoms with E-state index >= 15 is 0 Å². The van der Waals surface area contributed by atoms with Crippen LogP contribution < -0.4 is 20.9 Å². The van der Waals surface area contributed by atoms with Crippen LogP contribution in [0.5, 0.6) is 11.5 Å². The maximum absolute atomic E-state index is 13.4. The van der Waals surface area contributed by atoms with E-state index in [1.807, 2.05) is 36.4 Å². The smallest absolute Gasteiger partial charge is 0.235 e. The first kappa shape index (κ1) is 43.1. The van der Waals surface area contributed by atoms with Crippen LogP contribution in [0.25, 0.3) is 12.2 Å². The number of benzene rings is 3. The third-order valence-corrected chi connectivity index (χ3v) is 10.8. The Morgan fingerprint density at radius 2 is 1.18 bits per heavy atom. The number of ketones is 2. The van der Waals surface area contributed by atoms with Gasteiger partial charge in [0.2, 0.25) is 11.6 Å². The lowest BCUT2D eigenvalue weighted by Gasteiger charge is -2.30. The molecule has 2 aliphatic rings. The molecule has 304 valence electrons. The lowest BCUT2D eigenvalue weighted by Crippen LogP contribution is -2.44. The molecule has 6 N–H and O–H groups in total. The summed E-state index contributed by atoms with van der Waals surface area (Å²) in [6.07, 6.45) is 17.5. The van der Waals surface area contributed by atoms with E-state index < -0.39 is 29.7 Å². The summed E-state index contributed by atoms with van der Waals surface area (Å²) in [7, 11) is 0. The molecule has 0 saturated heterocycles. The predicted octanol–water partition coefficient (Wildman–Crippen LogP) is 7.85. The Morgan fingerprint density at radius 1 is 0.702 bits per heavy atom. The Morgan fingerprint density at radius 3 is 1.63 bits per heavy atom. The average molecular weight is 779 g/mol. The van der Waals surface area contributed by atoms with Crippen LogP contribution in [0.3, 0.4) is 0 Å². The zero-order valence-electron chi connectivity index (χ0n) is 32.8. The molecule has 2 aliphatic carbocycles.